The van der Waals surface area contributed by atoms with Gasteiger partial charge in [0.25, 0.3) is 0 Å². The highest BCUT2D eigenvalue weighted by atomic mass is 16.5. The van der Waals surface area contributed by atoms with Gasteiger partial charge in [-0.05, 0) is 37.1 Å². The first-order chi connectivity index (χ1) is 9.11. The van der Waals surface area contributed by atoms with Crippen molar-refractivity contribution >= 4 is 5.97 Å². The van der Waals surface area contributed by atoms with Crippen LogP contribution in [0.2, 0.25) is 0 Å². The molecule has 2 unspecified atom stereocenters. The normalized spacial score (nSPS) is 17.2. The second-order valence-electron chi connectivity index (χ2n) is 4.85. The van der Waals surface area contributed by atoms with Crippen LogP contribution >= 0.6 is 0 Å². The topological polar surface area (TPSA) is 84.6 Å². The zero-order valence-electron chi connectivity index (χ0n) is 11.1. The van der Waals surface area contributed by atoms with Crippen LogP contribution in [0.1, 0.15) is 30.0 Å². The summed E-state index contributed by atoms with van der Waals surface area (Å²) in [7, 11) is 1.79. The summed E-state index contributed by atoms with van der Waals surface area (Å²) in [6, 6.07) is 5.35. The average molecular weight is 264 g/mol. The molecule has 19 heavy (non-hydrogen) atoms. The van der Waals surface area contributed by atoms with Gasteiger partial charge in [-0.15, -0.1) is 0 Å². The number of carboxylic acid groups (broad SMARTS) is 1. The Morgan fingerprint density at radius 2 is 2.37 bits per heavy atom. The van der Waals surface area contributed by atoms with Gasteiger partial charge in [-0.1, -0.05) is 12.1 Å². The van der Waals surface area contributed by atoms with Crippen LogP contribution in [0.4, 0.5) is 0 Å². The maximum atomic E-state index is 10.8. The molecule has 0 amide bonds. The molecule has 0 spiro atoms. The summed E-state index contributed by atoms with van der Waals surface area (Å²) in [4.78, 5) is 10.8. The summed E-state index contributed by atoms with van der Waals surface area (Å²) in [6.45, 7) is 0.764. The van der Waals surface area contributed by atoms with E-state index in [2.05, 4.69) is 11.4 Å². The van der Waals surface area contributed by atoms with Crippen molar-refractivity contribution in [2.45, 2.75) is 31.3 Å². The van der Waals surface area contributed by atoms with Gasteiger partial charge in [0, 0.05) is 12.1 Å². The van der Waals surface area contributed by atoms with Crippen LogP contribution < -0.4 is 15.8 Å². The number of aryl methyl sites for hydroxylation is 1. The Morgan fingerprint density at radius 1 is 1.58 bits per heavy atom. The number of nitrogens with two attached hydrogens (primary N) is 1. The summed E-state index contributed by atoms with van der Waals surface area (Å²) < 4.78 is 5.57. The average Bonchev–Trinajstić information content (AvgIpc) is 2.38. The van der Waals surface area contributed by atoms with E-state index < -0.39 is 12.0 Å². The van der Waals surface area contributed by atoms with Gasteiger partial charge in [-0.25, -0.2) is 0 Å². The van der Waals surface area contributed by atoms with Crippen molar-refractivity contribution in [2.24, 2.45) is 5.73 Å². The second kappa shape index (κ2) is 6.04. The monoisotopic (exact) mass is 264 g/mol. The maximum absolute atomic E-state index is 10.8. The molecule has 0 saturated carbocycles. The van der Waals surface area contributed by atoms with Gasteiger partial charge in [0.1, 0.15) is 5.75 Å². The number of nitrogens with one attached hydrogen (secondary N) is 1. The third kappa shape index (κ3) is 3.24. The predicted molar refractivity (Wildman–Crippen MR) is 72.3 cm³/mol. The fourth-order valence-electron chi connectivity index (χ4n) is 2.52. The number of hydrogen-bond donors (Lipinski definition) is 3. The number of aliphatic carboxylic acids is 1. The zero-order valence-corrected chi connectivity index (χ0v) is 11.1. The van der Waals surface area contributed by atoms with Gasteiger partial charge >= 0.3 is 5.97 Å². The smallest absolute Gasteiger partial charge is 0.304 e. The van der Waals surface area contributed by atoms with E-state index in [0.717, 1.165) is 30.8 Å². The molecule has 0 fully saturated rings. The molecule has 0 aliphatic carbocycles. The summed E-state index contributed by atoms with van der Waals surface area (Å²) >= 11 is 0. The van der Waals surface area contributed by atoms with E-state index in [9.17, 15) is 4.79 Å². The number of likely N-dealkylation sites (N-methyl/N-ethyl adjacent to an activating group) is 1. The largest absolute Gasteiger partial charge is 0.493 e. The first-order valence-electron chi connectivity index (χ1n) is 6.52. The molecule has 1 aliphatic heterocycles. The number of ether oxygens (including phenoxy) is 1. The zero-order chi connectivity index (χ0) is 13.8. The lowest BCUT2D eigenvalue weighted by Crippen LogP contribution is -2.38. The van der Waals surface area contributed by atoms with Crippen LogP contribution in [0, 0.1) is 0 Å². The molecule has 4 N–H and O–H groups in total. The summed E-state index contributed by atoms with van der Waals surface area (Å²) in [5.41, 5.74) is 8.15. The molecule has 0 aromatic heterocycles. The van der Waals surface area contributed by atoms with Crippen LogP contribution in [0.5, 0.6) is 5.75 Å². The number of rotatable bonds is 5. The van der Waals surface area contributed by atoms with E-state index in [-0.39, 0.29) is 12.5 Å². The maximum Gasteiger partial charge on any atom is 0.304 e. The predicted octanol–water partition coefficient (Wildman–Crippen LogP) is 1.07. The number of hydrogen-bond acceptors (Lipinski definition) is 4. The Kier molecular flexibility index (Phi) is 4.39. The molecule has 104 valence electrons. The Morgan fingerprint density at radius 3 is 3.05 bits per heavy atom. The van der Waals surface area contributed by atoms with Gasteiger partial charge in [0.15, 0.2) is 0 Å². The summed E-state index contributed by atoms with van der Waals surface area (Å²) in [5.74, 6) is 0.0469. The lowest BCUT2D eigenvalue weighted by atomic mass is 9.94. The second-order valence-corrected chi connectivity index (χ2v) is 4.85. The van der Waals surface area contributed by atoms with E-state index in [1.807, 2.05) is 12.1 Å². The molecule has 0 bridgehead atoms. The SMILES string of the molecule is CNC(c1ccc2c(c1)CCCO2)C(N)CC(=O)O. The van der Waals surface area contributed by atoms with Crippen LogP contribution in [0.3, 0.4) is 0 Å². The Bertz CT molecular complexity index is 462. The van der Waals surface area contributed by atoms with Crippen molar-refractivity contribution in [3.63, 3.8) is 0 Å². The minimum absolute atomic E-state index is 0.0565. The van der Waals surface area contributed by atoms with Crippen LogP contribution in [-0.4, -0.2) is 30.8 Å². The molecular weight excluding hydrogens is 244 g/mol. The van der Waals surface area contributed by atoms with Gasteiger partial charge in [-0.3, -0.25) is 4.79 Å². The quantitative estimate of drug-likeness (QED) is 0.741. The highest BCUT2D eigenvalue weighted by Gasteiger charge is 2.22. The number of carbonyl (C=O) groups is 1. The third-order valence-electron chi connectivity index (χ3n) is 3.44. The fraction of sp³-hybridized carbons (Fsp3) is 0.500. The first-order valence-corrected chi connectivity index (χ1v) is 6.52. The fourth-order valence-corrected chi connectivity index (χ4v) is 2.52. The number of fused-ring (bicyclic) bond motifs is 1. The van der Waals surface area contributed by atoms with Crippen molar-refractivity contribution in [3.8, 4) is 5.75 Å². The Labute approximate surface area is 112 Å². The third-order valence-corrected chi connectivity index (χ3v) is 3.44. The summed E-state index contributed by atoms with van der Waals surface area (Å²) in [5, 5.41) is 11.9. The lowest BCUT2D eigenvalue weighted by molar-refractivity contribution is -0.137. The van der Waals surface area contributed by atoms with Crippen molar-refractivity contribution in [1.29, 1.82) is 0 Å². The number of benzene rings is 1. The molecular formula is C14H20N2O3. The standard InChI is InChI=1S/C14H20N2O3/c1-16-14(11(15)8-13(17)18)10-4-5-12-9(7-10)3-2-6-19-12/h4-5,7,11,14,16H,2-3,6,8,15H2,1H3,(H,17,18). The molecule has 2 atom stereocenters. The van der Waals surface area contributed by atoms with E-state index >= 15 is 0 Å². The van der Waals surface area contributed by atoms with Gasteiger partial charge in [0.2, 0.25) is 0 Å². The Balaban J connectivity index is 2.20. The highest BCUT2D eigenvalue weighted by Crippen LogP contribution is 2.28. The van der Waals surface area contributed by atoms with E-state index in [1.54, 1.807) is 7.05 Å². The van der Waals surface area contributed by atoms with Crippen LogP contribution in [-0.2, 0) is 11.2 Å². The van der Waals surface area contributed by atoms with E-state index in [1.165, 1.54) is 5.56 Å². The molecule has 5 heteroatoms. The van der Waals surface area contributed by atoms with Crippen molar-refractivity contribution in [1.82, 2.24) is 5.32 Å². The molecule has 5 nitrogen and oxygen atoms in total. The molecule has 1 heterocycles. The molecule has 0 radical (unpaired) electrons. The Hall–Kier alpha value is -1.59. The molecule has 1 aromatic rings. The van der Waals surface area contributed by atoms with Crippen LogP contribution in [0.25, 0.3) is 0 Å². The number of carboxylic acids is 1. The highest BCUT2D eigenvalue weighted by molar-refractivity contribution is 5.67. The minimum Gasteiger partial charge on any atom is -0.493 e. The molecule has 1 aliphatic rings. The van der Waals surface area contributed by atoms with Crippen LogP contribution in [0.15, 0.2) is 18.2 Å². The van der Waals surface area contributed by atoms with Gasteiger partial charge in [0.05, 0.1) is 13.0 Å². The van der Waals surface area contributed by atoms with Gasteiger partial charge < -0.3 is 20.9 Å². The first kappa shape index (κ1) is 13.8. The molecule has 1 aromatic carbocycles. The molecule has 0 saturated heterocycles. The van der Waals surface area contributed by atoms with E-state index in [0.29, 0.717) is 0 Å². The molecule has 2 rings (SSSR count). The van der Waals surface area contributed by atoms with Crippen molar-refractivity contribution in [2.75, 3.05) is 13.7 Å². The lowest BCUT2D eigenvalue weighted by Gasteiger charge is -2.25. The summed E-state index contributed by atoms with van der Waals surface area (Å²) in [6.07, 6.45) is 1.95. The van der Waals surface area contributed by atoms with Crippen molar-refractivity contribution in [3.05, 3.63) is 29.3 Å². The van der Waals surface area contributed by atoms with E-state index in [4.69, 9.17) is 15.6 Å². The minimum atomic E-state index is -0.881. The van der Waals surface area contributed by atoms with Crippen molar-refractivity contribution < 1.29 is 14.6 Å². The van der Waals surface area contributed by atoms with Gasteiger partial charge in [-0.2, -0.15) is 0 Å².